The molecule has 0 aliphatic carbocycles. The van der Waals surface area contributed by atoms with Crippen LogP contribution >= 0.6 is 0 Å². The lowest BCUT2D eigenvalue weighted by molar-refractivity contribution is 0.0403. The Kier molecular flexibility index (Phi) is 4.12. The van der Waals surface area contributed by atoms with E-state index in [0.717, 1.165) is 11.3 Å². The molecule has 0 spiro atoms. The smallest absolute Gasteiger partial charge is 0.118 e. The molecule has 84 valence electrons. The van der Waals surface area contributed by atoms with E-state index in [1.807, 2.05) is 24.3 Å². The van der Waals surface area contributed by atoms with Gasteiger partial charge in [-0.25, -0.2) is 0 Å². The Morgan fingerprint density at radius 3 is 2.33 bits per heavy atom. The highest BCUT2D eigenvalue weighted by Crippen LogP contribution is 2.27. The minimum Gasteiger partial charge on any atom is -0.497 e. The van der Waals surface area contributed by atoms with Crippen molar-refractivity contribution in [2.45, 2.75) is 25.4 Å². The molecule has 0 aliphatic rings. The Balaban J connectivity index is 2.75. The zero-order chi connectivity index (χ0) is 11.3. The summed E-state index contributed by atoms with van der Waals surface area (Å²) in [6.07, 6.45) is 1.15. The molecule has 3 heteroatoms. The van der Waals surface area contributed by atoms with Crippen molar-refractivity contribution in [1.29, 1.82) is 0 Å². The first-order chi connectivity index (χ1) is 7.10. The third-order valence-corrected chi connectivity index (χ3v) is 2.53. The van der Waals surface area contributed by atoms with Gasteiger partial charge in [0.2, 0.25) is 0 Å². The standard InChI is InChI=1S/C12H18O3/c1-12(14,8-3-9-13)10-4-6-11(15-2)7-5-10/h4-7,13-14H,3,8-9H2,1-2H3. The summed E-state index contributed by atoms with van der Waals surface area (Å²) in [6.45, 7) is 1.86. The molecule has 0 fully saturated rings. The van der Waals surface area contributed by atoms with Crippen LogP contribution in [0.15, 0.2) is 24.3 Å². The molecular formula is C12H18O3. The topological polar surface area (TPSA) is 49.7 Å². The van der Waals surface area contributed by atoms with Crippen molar-refractivity contribution in [1.82, 2.24) is 0 Å². The summed E-state index contributed by atoms with van der Waals surface area (Å²) in [5.74, 6) is 0.775. The van der Waals surface area contributed by atoms with E-state index in [0.29, 0.717) is 12.8 Å². The molecule has 1 aromatic carbocycles. The van der Waals surface area contributed by atoms with Crippen molar-refractivity contribution in [3.63, 3.8) is 0 Å². The highest BCUT2D eigenvalue weighted by molar-refractivity contribution is 5.30. The van der Waals surface area contributed by atoms with E-state index in [-0.39, 0.29) is 6.61 Å². The quantitative estimate of drug-likeness (QED) is 0.777. The molecule has 1 unspecified atom stereocenters. The van der Waals surface area contributed by atoms with Crippen molar-refractivity contribution in [2.24, 2.45) is 0 Å². The molecule has 0 bridgehead atoms. The highest BCUT2D eigenvalue weighted by Gasteiger charge is 2.21. The summed E-state index contributed by atoms with van der Waals surface area (Å²) in [7, 11) is 1.61. The van der Waals surface area contributed by atoms with Crippen LogP contribution in [0.5, 0.6) is 5.75 Å². The summed E-state index contributed by atoms with van der Waals surface area (Å²) < 4.78 is 5.04. The van der Waals surface area contributed by atoms with E-state index in [1.165, 1.54) is 0 Å². The maximum Gasteiger partial charge on any atom is 0.118 e. The second-order valence-corrected chi connectivity index (χ2v) is 3.83. The number of hydrogen-bond donors (Lipinski definition) is 2. The van der Waals surface area contributed by atoms with Gasteiger partial charge in [0.1, 0.15) is 5.75 Å². The fraction of sp³-hybridized carbons (Fsp3) is 0.500. The monoisotopic (exact) mass is 210 g/mol. The normalized spacial score (nSPS) is 14.7. The molecule has 3 nitrogen and oxygen atoms in total. The van der Waals surface area contributed by atoms with Crippen molar-refractivity contribution in [3.05, 3.63) is 29.8 Å². The lowest BCUT2D eigenvalue weighted by Crippen LogP contribution is -2.21. The summed E-state index contributed by atoms with van der Waals surface area (Å²) in [5.41, 5.74) is -0.0357. The summed E-state index contributed by atoms with van der Waals surface area (Å²) in [5, 5.41) is 18.9. The molecule has 0 amide bonds. The van der Waals surface area contributed by atoms with Crippen molar-refractivity contribution in [3.8, 4) is 5.75 Å². The number of ether oxygens (including phenoxy) is 1. The molecule has 1 aromatic rings. The third-order valence-electron chi connectivity index (χ3n) is 2.53. The molecule has 0 heterocycles. The molecule has 15 heavy (non-hydrogen) atoms. The van der Waals surface area contributed by atoms with Crippen LogP contribution in [0.2, 0.25) is 0 Å². The van der Waals surface area contributed by atoms with Crippen LogP contribution in [-0.4, -0.2) is 23.9 Å². The van der Waals surface area contributed by atoms with E-state index in [4.69, 9.17) is 9.84 Å². The van der Waals surface area contributed by atoms with Crippen molar-refractivity contribution < 1.29 is 14.9 Å². The van der Waals surface area contributed by atoms with Gasteiger partial charge in [0.25, 0.3) is 0 Å². The number of aliphatic hydroxyl groups is 2. The van der Waals surface area contributed by atoms with E-state index < -0.39 is 5.60 Å². The largest absolute Gasteiger partial charge is 0.497 e. The number of hydrogen-bond acceptors (Lipinski definition) is 3. The van der Waals surface area contributed by atoms with Gasteiger partial charge in [-0.2, -0.15) is 0 Å². The first-order valence-corrected chi connectivity index (χ1v) is 5.08. The van der Waals surface area contributed by atoms with Crippen LogP contribution in [0.3, 0.4) is 0 Å². The lowest BCUT2D eigenvalue weighted by atomic mass is 9.91. The Morgan fingerprint density at radius 2 is 1.87 bits per heavy atom. The Morgan fingerprint density at radius 1 is 1.27 bits per heavy atom. The average molecular weight is 210 g/mol. The molecule has 2 N–H and O–H groups in total. The molecule has 0 saturated heterocycles. The maximum absolute atomic E-state index is 10.1. The molecule has 1 rings (SSSR count). The number of rotatable bonds is 5. The van der Waals surface area contributed by atoms with Crippen LogP contribution in [-0.2, 0) is 5.60 Å². The lowest BCUT2D eigenvalue weighted by Gasteiger charge is -2.23. The highest BCUT2D eigenvalue weighted by atomic mass is 16.5. The molecule has 1 atom stereocenters. The first kappa shape index (κ1) is 12.0. The summed E-state index contributed by atoms with van der Waals surface area (Å²) in [4.78, 5) is 0. The maximum atomic E-state index is 10.1. The van der Waals surface area contributed by atoms with Crippen molar-refractivity contribution >= 4 is 0 Å². The van der Waals surface area contributed by atoms with Crippen LogP contribution in [0.4, 0.5) is 0 Å². The Hall–Kier alpha value is -1.06. The van der Waals surface area contributed by atoms with Gasteiger partial charge in [-0.05, 0) is 37.5 Å². The summed E-state index contributed by atoms with van der Waals surface area (Å²) >= 11 is 0. The molecule has 0 aromatic heterocycles. The fourth-order valence-electron chi connectivity index (χ4n) is 1.52. The Bertz CT molecular complexity index is 290. The Labute approximate surface area is 90.3 Å². The predicted octanol–water partition coefficient (Wildman–Crippen LogP) is 1.68. The second-order valence-electron chi connectivity index (χ2n) is 3.83. The average Bonchev–Trinajstić information content (AvgIpc) is 2.26. The number of benzene rings is 1. The third kappa shape index (κ3) is 3.22. The van der Waals surface area contributed by atoms with Gasteiger partial charge in [0.15, 0.2) is 0 Å². The van der Waals surface area contributed by atoms with Gasteiger partial charge in [-0.3, -0.25) is 0 Å². The van der Waals surface area contributed by atoms with Crippen molar-refractivity contribution in [2.75, 3.05) is 13.7 Å². The van der Waals surface area contributed by atoms with Gasteiger partial charge in [0, 0.05) is 6.61 Å². The van der Waals surface area contributed by atoms with Gasteiger partial charge in [-0.1, -0.05) is 12.1 Å². The van der Waals surface area contributed by atoms with Gasteiger partial charge in [-0.15, -0.1) is 0 Å². The van der Waals surface area contributed by atoms with Crippen LogP contribution < -0.4 is 4.74 Å². The molecule has 0 saturated carbocycles. The number of aliphatic hydroxyl groups excluding tert-OH is 1. The minimum atomic E-state index is -0.880. The van der Waals surface area contributed by atoms with Crippen LogP contribution in [0, 0.1) is 0 Å². The predicted molar refractivity (Wildman–Crippen MR) is 58.9 cm³/mol. The van der Waals surface area contributed by atoms with E-state index >= 15 is 0 Å². The molecule has 0 radical (unpaired) electrons. The van der Waals surface area contributed by atoms with Crippen LogP contribution in [0.25, 0.3) is 0 Å². The number of methoxy groups -OCH3 is 1. The first-order valence-electron chi connectivity index (χ1n) is 5.08. The minimum absolute atomic E-state index is 0.103. The second kappa shape index (κ2) is 5.14. The van der Waals surface area contributed by atoms with Gasteiger partial charge < -0.3 is 14.9 Å². The zero-order valence-electron chi connectivity index (χ0n) is 9.23. The molecular weight excluding hydrogens is 192 g/mol. The van der Waals surface area contributed by atoms with Gasteiger partial charge >= 0.3 is 0 Å². The van der Waals surface area contributed by atoms with E-state index in [9.17, 15) is 5.11 Å². The molecule has 0 aliphatic heterocycles. The SMILES string of the molecule is COc1ccc(C(C)(O)CCCO)cc1. The zero-order valence-corrected chi connectivity index (χ0v) is 9.23. The van der Waals surface area contributed by atoms with E-state index in [2.05, 4.69) is 0 Å². The van der Waals surface area contributed by atoms with Gasteiger partial charge in [0.05, 0.1) is 12.7 Å². The van der Waals surface area contributed by atoms with E-state index in [1.54, 1.807) is 14.0 Å². The summed E-state index contributed by atoms with van der Waals surface area (Å²) in [6, 6.07) is 7.33. The fourth-order valence-corrected chi connectivity index (χ4v) is 1.52. The van der Waals surface area contributed by atoms with Crippen LogP contribution in [0.1, 0.15) is 25.3 Å².